The fourth-order valence-electron chi connectivity index (χ4n) is 0.877. The molecule has 1 nitrogen and oxygen atoms in total. The van der Waals surface area contributed by atoms with Gasteiger partial charge in [-0.05, 0) is 6.08 Å². The molecule has 1 rings (SSSR count). The van der Waals surface area contributed by atoms with Crippen LogP contribution < -0.4 is 0 Å². The molecule has 0 atom stereocenters. The van der Waals surface area contributed by atoms with Crippen molar-refractivity contribution in [2.45, 2.75) is 12.8 Å². The van der Waals surface area contributed by atoms with E-state index in [1.807, 2.05) is 0 Å². The second-order valence-electron chi connectivity index (χ2n) is 2.26. The lowest BCUT2D eigenvalue weighted by Crippen LogP contribution is -2.17. The Morgan fingerprint density at radius 3 is 2.10 bits per heavy atom. The van der Waals surface area contributed by atoms with Gasteiger partial charge in [0.05, 0.1) is 0 Å². The van der Waals surface area contributed by atoms with Crippen LogP contribution in [0.4, 0.5) is 12.9 Å². The molecule has 0 aromatic carbocycles. The van der Waals surface area contributed by atoms with Gasteiger partial charge in [-0.1, -0.05) is 6.42 Å². The van der Waals surface area contributed by atoms with E-state index in [2.05, 4.69) is 0 Å². The van der Waals surface area contributed by atoms with Gasteiger partial charge in [0.15, 0.2) is 5.78 Å². The minimum absolute atomic E-state index is 0.0244. The zero-order valence-corrected chi connectivity index (χ0v) is 5.11. The molecule has 0 aliphatic heterocycles. The molecule has 10 heavy (non-hydrogen) atoms. The molecule has 1 aliphatic carbocycles. The van der Waals surface area contributed by atoms with Crippen molar-refractivity contribution < 1.29 is 17.7 Å². The molecule has 0 heterocycles. The Morgan fingerprint density at radius 2 is 1.90 bits per heavy atom. The zero-order chi connectivity index (χ0) is 7.78. The Balaban J connectivity index is 2.76. The van der Waals surface area contributed by atoms with E-state index in [1.54, 1.807) is 0 Å². The fourth-order valence-corrected chi connectivity index (χ4v) is 0.877. The number of ketones is 1. The predicted molar refractivity (Wildman–Crippen MR) is 31.4 cm³/mol. The van der Waals surface area contributed by atoms with E-state index < -0.39 is 18.2 Å². The average molecular weight is 149 g/mol. The summed E-state index contributed by atoms with van der Waals surface area (Å²) in [6, 6.07) is 0. The third kappa shape index (κ3) is 1.40. The maximum atomic E-state index is 11.8. The van der Waals surface area contributed by atoms with E-state index in [0.717, 1.165) is 0 Å². The number of rotatable bonds is 1. The highest BCUT2D eigenvalue weighted by molar-refractivity contribution is 6.67. The number of allylic oxidation sites excluding steroid dienone is 2. The lowest BCUT2D eigenvalue weighted by Gasteiger charge is -2.14. The molecule has 0 spiro atoms. The van der Waals surface area contributed by atoms with Crippen molar-refractivity contribution in [2.75, 3.05) is 0 Å². The summed E-state index contributed by atoms with van der Waals surface area (Å²) in [5, 5.41) is 0. The fraction of sp³-hybridized carbons (Fsp3) is 0.400. The highest BCUT2D eigenvalue weighted by Crippen LogP contribution is 2.28. The highest BCUT2D eigenvalue weighted by Gasteiger charge is 2.31. The highest BCUT2D eigenvalue weighted by atomic mass is 19.4. The summed E-state index contributed by atoms with van der Waals surface area (Å²) in [5.41, 5.74) is -0.634. The average Bonchev–Trinajstić information content (AvgIpc) is 2.11. The van der Waals surface area contributed by atoms with Gasteiger partial charge in [0.25, 0.3) is 0 Å². The maximum absolute atomic E-state index is 11.8. The Kier molecular flexibility index (Phi) is 1.58. The van der Waals surface area contributed by atoms with Crippen molar-refractivity contribution in [1.29, 1.82) is 0 Å². The van der Waals surface area contributed by atoms with Crippen LogP contribution in [0.5, 0.6) is 0 Å². The summed E-state index contributed by atoms with van der Waals surface area (Å²) in [5.74, 6) is -0.408. The number of hydrogen-bond donors (Lipinski definition) is 0. The minimum atomic E-state index is -4.90. The van der Waals surface area contributed by atoms with E-state index in [-0.39, 0.29) is 12.8 Å². The molecular formula is C5H5BF3O-. The third-order valence-electron chi connectivity index (χ3n) is 1.43. The minimum Gasteiger partial charge on any atom is -0.445 e. The standard InChI is InChI=1S/C5H5BF3O/c7-6(8,9)4-1-2-5(10)3-4/h3H,1-2H2/q-1. The summed E-state index contributed by atoms with van der Waals surface area (Å²) < 4.78 is 35.3. The van der Waals surface area contributed by atoms with Crippen LogP contribution in [0.25, 0.3) is 0 Å². The van der Waals surface area contributed by atoms with Crippen LogP contribution in [0.2, 0.25) is 0 Å². The van der Waals surface area contributed by atoms with Gasteiger partial charge in [-0.2, -0.15) is 0 Å². The van der Waals surface area contributed by atoms with E-state index in [9.17, 15) is 17.7 Å². The molecule has 5 heteroatoms. The Labute approximate surface area is 56.0 Å². The van der Waals surface area contributed by atoms with Crippen LogP contribution in [0.3, 0.4) is 0 Å². The SMILES string of the molecule is O=C1C=C([B-](F)(F)F)CC1. The van der Waals surface area contributed by atoms with Crippen LogP contribution in [0.15, 0.2) is 11.5 Å². The number of halogens is 3. The first kappa shape index (κ1) is 7.37. The van der Waals surface area contributed by atoms with Crippen LogP contribution in [0.1, 0.15) is 12.8 Å². The molecule has 0 bridgehead atoms. The molecule has 0 fully saturated rings. The van der Waals surface area contributed by atoms with Crippen molar-refractivity contribution in [3.63, 3.8) is 0 Å². The first-order chi connectivity index (χ1) is 4.50. The molecule has 56 valence electrons. The zero-order valence-electron chi connectivity index (χ0n) is 5.11. The Hall–Kier alpha value is -0.735. The molecule has 1 aliphatic rings. The molecule has 0 N–H and O–H groups in total. The predicted octanol–water partition coefficient (Wildman–Crippen LogP) is 1.66. The monoisotopic (exact) mass is 149 g/mol. The topological polar surface area (TPSA) is 17.1 Å². The summed E-state index contributed by atoms with van der Waals surface area (Å²) >= 11 is 0. The quantitative estimate of drug-likeness (QED) is 0.518. The molecule has 0 aromatic rings. The smallest absolute Gasteiger partial charge is 0.445 e. The summed E-state index contributed by atoms with van der Waals surface area (Å²) in [6.45, 7) is -4.90. The lowest BCUT2D eigenvalue weighted by molar-refractivity contribution is -0.114. The van der Waals surface area contributed by atoms with Gasteiger partial charge in [0, 0.05) is 6.42 Å². The summed E-state index contributed by atoms with van der Waals surface area (Å²) in [4.78, 5) is 10.3. The van der Waals surface area contributed by atoms with Gasteiger partial charge in [0.2, 0.25) is 0 Å². The van der Waals surface area contributed by atoms with E-state index in [1.165, 1.54) is 0 Å². The first-order valence-corrected chi connectivity index (χ1v) is 2.93. The normalized spacial score (nSPS) is 19.5. The molecule has 0 amide bonds. The maximum Gasteiger partial charge on any atom is 0.505 e. The third-order valence-corrected chi connectivity index (χ3v) is 1.43. The largest absolute Gasteiger partial charge is 0.505 e. The van der Waals surface area contributed by atoms with Gasteiger partial charge < -0.3 is 12.9 Å². The number of carbonyl (C=O) groups is 1. The number of hydrogen-bond acceptors (Lipinski definition) is 1. The second-order valence-corrected chi connectivity index (χ2v) is 2.26. The van der Waals surface area contributed by atoms with Crippen molar-refractivity contribution in [2.24, 2.45) is 0 Å². The van der Waals surface area contributed by atoms with E-state index >= 15 is 0 Å². The molecule has 0 saturated carbocycles. The Morgan fingerprint density at radius 1 is 1.30 bits per heavy atom. The van der Waals surface area contributed by atoms with E-state index in [4.69, 9.17) is 0 Å². The van der Waals surface area contributed by atoms with Crippen molar-refractivity contribution in [3.8, 4) is 0 Å². The summed E-state index contributed by atoms with van der Waals surface area (Å²) in [7, 11) is 0. The molecule has 0 radical (unpaired) electrons. The van der Waals surface area contributed by atoms with Crippen LogP contribution in [-0.4, -0.2) is 12.8 Å². The summed E-state index contributed by atoms with van der Waals surface area (Å²) in [6.07, 6.45) is 0.610. The van der Waals surface area contributed by atoms with Crippen LogP contribution in [-0.2, 0) is 4.79 Å². The van der Waals surface area contributed by atoms with Gasteiger partial charge >= 0.3 is 6.98 Å². The molecule has 0 unspecified atom stereocenters. The van der Waals surface area contributed by atoms with Gasteiger partial charge in [-0.3, -0.25) is 4.79 Å². The van der Waals surface area contributed by atoms with Crippen molar-refractivity contribution in [3.05, 3.63) is 11.5 Å². The van der Waals surface area contributed by atoms with E-state index in [0.29, 0.717) is 6.08 Å². The van der Waals surface area contributed by atoms with Crippen LogP contribution >= 0.6 is 0 Å². The van der Waals surface area contributed by atoms with Gasteiger partial charge in [-0.15, -0.1) is 5.47 Å². The second kappa shape index (κ2) is 2.14. The van der Waals surface area contributed by atoms with Crippen molar-refractivity contribution in [1.82, 2.24) is 0 Å². The van der Waals surface area contributed by atoms with Gasteiger partial charge in [0.1, 0.15) is 0 Å². The molecule has 0 aromatic heterocycles. The Bertz CT molecular complexity index is 194. The van der Waals surface area contributed by atoms with Gasteiger partial charge in [-0.25, -0.2) is 0 Å². The number of carbonyl (C=O) groups excluding carboxylic acids is 1. The molecular weight excluding hydrogens is 144 g/mol. The molecule has 0 saturated heterocycles. The first-order valence-electron chi connectivity index (χ1n) is 2.93. The van der Waals surface area contributed by atoms with Crippen molar-refractivity contribution >= 4 is 12.8 Å². The van der Waals surface area contributed by atoms with Crippen LogP contribution in [0, 0.1) is 0 Å². The lowest BCUT2D eigenvalue weighted by atomic mass is 9.79.